The zero-order valence-corrected chi connectivity index (χ0v) is 8.61. The third kappa shape index (κ3) is 3.42. The molecule has 0 radical (unpaired) electrons. The first-order valence-electron chi connectivity index (χ1n) is 4.38. The molecular weight excluding hydrogens is 212 g/mol. The molecule has 15 heavy (non-hydrogen) atoms. The standard InChI is InChI=1S/C8H6F4O.C2H6/c1-4-2-6(9)5(3-7(4)13)8(10,11)12;1-2/h2-3,13H,1H3;1-2H3. The lowest BCUT2D eigenvalue weighted by molar-refractivity contribution is -0.140. The minimum Gasteiger partial charge on any atom is -0.508 e. The summed E-state index contributed by atoms with van der Waals surface area (Å²) in [5, 5.41) is 8.92. The highest BCUT2D eigenvalue weighted by atomic mass is 19.4. The Bertz CT molecular complexity index is 331. The van der Waals surface area contributed by atoms with Crippen molar-refractivity contribution in [3.8, 4) is 5.75 Å². The van der Waals surface area contributed by atoms with Crippen molar-refractivity contribution in [3.63, 3.8) is 0 Å². The molecule has 1 aromatic rings. The molecule has 1 aromatic carbocycles. The summed E-state index contributed by atoms with van der Waals surface area (Å²) in [6, 6.07) is 1.03. The van der Waals surface area contributed by atoms with Crippen LogP contribution in [0.1, 0.15) is 25.0 Å². The van der Waals surface area contributed by atoms with Crippen LogP contribution in [0.2, 0.25) is 0 Å². The second kappa shape index (κ2) is 5.00. The largest absolute Gasteiger partial charge is 0.508 e. The van der Waals surface area contributed by atoms with Gasteiger partial charge in [0.25, 0.3) is 0 Å². The van der Waals surface area contributed by atoms with Gasteiger partial charge in [-0.15, -0.1) is 0 Å². The third-order valence-electron chi connectivity index (χ3n) is 1.59. The van der Waals surface area contributed by atoms with Gasteiger partial charge in [-0.25, -0.2) is 4.39 Å². The van der Waals surface area contributed by atoms with Crippen LogP contribution in [0.3, 0.4) is 0 Å². The van der Waals surface area contributed by atoms with Crippen LogP contribution in [0.5, 0.6) is 5.75 Å². The number of halogens is 4. The van der Waals surface area contributed by atoms with E-state index in [1.165, 1.54) is 6.92 Å². The van der Waals surface area contributed by atoms with E-state index in [1.807, 2.05) is 13.8 Å². The predicted molar refractivity (Wildman–Crippen MR) is 49.2 cm³/mol. The Morgan fingerprint density at radius 2 is 1.60 bits per heavy atom. The van der Waals surface area contributed by atoms with Crippen molar-refractivity contribution in [1.82, 2.24) is 0 Å². The maximum Gasteiger partial charge on any atom is 0.419 e. The van der Waals surface area contributed by atoms with Gasteiger partial charge in [0.05, 0.1) is 5.56 Å². The smallest absolute Gasteiger partial charge is 0.419 e. The normalized spacial score (nSPS) is 10.6. The van der Waals surface area contributed by atoms with E-state index < -0.39 is 23.3 Å². The highest BCUT2D eigenvalue weighted by Crippen LogP contribution is 2.34. The molecule has 86 valence electrons. The summed E-state index contributed by atoms with van der Waals surface area (Å²) in [5.74, 6) is -1.93. The van der Waals surface area contributed by atoms with Crippen LogP contribution in [0.15, 0.2) is 12.1 Å². The number of rotatable bonds is 0. The highest BCUT2D eigenvalue weighted by Gasteiger charge is 2.34. The van der Waals surface area contributed by atoms with Crippen LogP contribution in [0.4, 0.5) is 17.6 Å². The number of aromatic hydroxyl groups is 1. The monoisotopic (exact) mass is 224 g/mol. The van der Waals surface area contributed by atoms with Crippen LogP contribution >= 0.6 is 0 Å². The molecule has 1 rings (SSSR count). The van der Waals surface area contributed by atoms with E-state index in [0.717, 1.165) is 0 Å². The summed E-state index contributed by atoms with van der Waals surface area (Å²) in [5.41, 5.74) is -1.37. The summed E-state index contributed by atoms with van der Waals surface area (Å²) in [6.07, 6.45) is -4.77. The van der Waals surface area contributed by atoms with Gasteiger partial charge in [-0.1, -0.05) is 13.8 Å². The molecule has 0 aliphatic carbocycles. The maximum atomic E-state index is 12.7. The molecule has 0 unspecified atom stereocenters. The Balaban J connectivity index is 0.000000921. The summed E-state index contributed by atoms with van der Waals surface area (Å²) < 4.78 is 48.7. The van der Waals surface area contributed by atoms with E-state index in [-0.39, 0.29) is 5.56 Å². The molecule has 0 spiro atoms. The quantitative estimate of drug-likeness (QED) is 0.663. The third-order valence-corrected chi connectivity index (χ3v) is 1.59. The first kappa shape index (κ1) is 13.7. The maximum absolute atomic E-state index is 12.7. The van der Waals surface area contributed by atoms with E-state index in [1.54, 1.807) is 0 Å². The lowest BCUT2D eigenvalue weighted by Gasteiger charge is -2.09. The summed E-state index contributed by atoms with van der Waals surface area (Å²) in [6.45, 7) is 5.32. The summed E-state index contributed by atoms with van der Waals surface area (Å²) >= 11 is 0. The lowest BCUT2D eigenvalue weighted by Crippen LogP contribution is -2.08. The van der Waals surface area contributed by atoms with Crippen molar-refractivity contribution < 1.29 is 22.7 Å². The minimum atomic E-state index is -4.77. The number of phenols is 1. The second-order valence-electron chi connectivity index (χ2n) is 2.62. The lowest BCUT2D eigenvalue weighted by atomic mass is 10.1. The Hall–Kier alpha value is -1.26. The van der Waals surface area contributed by atoms with Crippen molar-refractivity contribution in [1.29, 1.82) is 0 Å². The van der Waals surface area contributed by atoms with Gasteiger partial charge in [-0.05, 0) is 24.6 Å². The fourth-order valence-corrected chi connectivity index (χ4v) is 0.879. The number of hydrogen-bond donors (Lipinski definition) is 1. The van der Waals surface area contributed by atoms with Crippen molar-refractivity contribution in [2.45, 2.75) is 26.9 Å². The Morgan fingerprint density at radius 1 is 1.13 bits per heavy atom. The van der Waals surface area contributed by atoms with Gasteiger partial charge < -0.3 is 5.11 Å². The van der Waals surface area contributed by atoms with Gasteiger partial charge in [0.2, 0.25) is 0 Å². The van der Waals surface area contributed by atoms with Crippen LogP contribution in [-0.4, -0.2) is 5.11 Å². The molecule has 0 fully saturated rings. The Morgan fingerprint density at radius 3 is 2.00 bits per heavy atom. The van der Waals surface area contributed by atoms with Crippen molar-refractivity contribution in [2.24, 2.45) is 0 Å². The van der Waals surface area contributed by atoms with E-state index >= 15 is 0 Å². The second-order valence-corrected chi connectivity index (χ2v) is 2.62. The van der Waals surface area contributed by atoms with E-state index in [0.29, 0.717) is 12.1 Å². The van der Waals surface area contributed by atoms with E-state index in [2.05, 4.69) is 0 Å². The van der Waals surface area contributed by atoms with Crippen molar-refractivity contribution >= 4 is 0 Å². The molecule has 0 saturated carbocycles. The van der Waals surface area contributed by atoms with Gasteiger partial charge in [0.1, 0.15) is 11.6 Å². The van der Waals surface area contributed by atoms with Gasteiger partial charge in [-0.2, -0.15) is 13.2 Å². The van der Waals surface area contributed by atoms with Crippen molar-refractivity contribution in [3.05, 3.63) is 29.1 Å². The van der Waals surface area contributed by atoms with Crippen molar-refractivity contribution in [2.75, 3.05) is 0 Å². The molecule has 5 heteroatoms. The van der Waals surface area contributed by atoms with Gasteiger partial charge >= 0.3 is 6.18 Å². The number of aryl methyl sites for hydroxylation is 1. The average molecular weight is 224 g/mol. The molecule has 0 aliphatic rings. The van der Waals surface area contributed by atoms with Crippen LogP contribution < -0.4 is 0 Å². The summed E-state index contributed by atoms with van der Waals surface area (Å²) in [7, 11) is 0. The molecule has 0 aliphatic heterocycles. The van der Waals surface area contributed by atoms with Crippen LogP contribution in [0, 0.1) is 12.7 Å². The predicted octanol–water partition coefficient (Wildman–Crippen LogP) is 3.88. The van der Waals surface area contributed by atoms with Gasteiger partial charge in [-0.3, -0.25) is 0 Å². The van der Waals surface area contributed by atoms with Gasteiger partial charge in [0, 0.05) is 0 Å². The molecule has 0 amide bonds. The minimum absolute atomic E-state index is 0.0745. The number of benzene rings is 1. The topological polar surface area (TPSA) is 20.2 Å². The molecule has 0 bridgehead atoms. The molecule has 0 atom stereocenters. The molecular formula is C10H12F4O. The van der Waals surface area contributed by atoms with Gasteiger partial charge in [0.15, 0.2) is 0 Å². The first-order valence-corrected chi connectivity index (χ1v) is 4.38. The Kier molecular flexibility index (Phi) is 4.58. The fraction of sp³-hybridized carbons (Fsp3) is 0.400. The SMILES string of the molecule is CC.Cc1cc(F)c(C(F)(F)F)cc1O. The first-order chi connectivity index (χ1) is 6.82. The molecule has 1 N–H and O–H groups in total. The number of phenolic OH excluding ortho intramolecular Hbond substituents is 1. The number of hydrogen-bond acceptors (Lipinski definition) is 1. The van der Waals surface area contributed by atoms with Crippen LogP contribution in [-0.2, 0) is 6.18 Å². The fourth-order valence-electron chi connectivity index (χ4n) is 0.879. The zero-order valence-electron chi connectivity index (χ0n) is 8.61. The molecule has 1 nitrogen and oxygen atoms in total. The van der Waals surface area contributed by atoms with E-state index in [9.17, 15) is 17.6 Å². The Labute approximate surface area is 85.4 Å². The molecule has 0 heterocycles. The molecule has 0 aromatic heterocycles. The zero-order chi connectivity index (χ0) is 12.2. The summed E-state index contributed by atoms with van der Waals surface area (Å²) in [4.78, 5) is 0. The average Bonchev–Trinajstić information content (AvgIpc) is 2.13. The van der Waals surface area contributed by atoms with Crippen LogP contribution in [0.25, 0.3) is 0 Å². The number of alkyl halides is 3. The highest BCUT2D eigenvalue weighted by molar-refractivity contribution is 5.37. The van der Waals surface area contributed by atoms with E-state index in [4.69, 9.17) is 5.11 Å². The molecule has 0 saturated heterocycles.